The molecule has 1 N–H and O–H groups in total. The zero-order valence-electron chi connectivity index (χ0n) is 6.10. The molecule has 0 radical (unpaired) electrons. The molecule has 68 valence electrons. The number of rotatable bonds is 2. The summed E-state index contributed by atoms with van der Waals surface area (Å²) in [6.45, 7) is 0. The topological polar surface area (TPSA) is 93.3 Å². The van der Waals surface area contributed by atoms with Gasteiger partial charge in [0.15, 0.2) is 0 Å². The SMILES string of the molecule is O=C(O)c1cc(Br)nc([N+](=O)[O-])c1. The Labute approximate surface area is 80.5 Å². The van der Waals surface area contributed by atoms with Gasteiger partial charge in [-0.15, -0.1) is 0 Å². The first-order valence-electron chi connectivity index (χ1n) is 3.06. The number of halogens is 1. The van der Waals surface area contributed by atoms with Gasteiger partial charge in [0, 0.05) is 22.0 Å². The van der Waals surface area contributed by atoms with E-state index in [1.54, 1.807) is 0 Å². The molecular weight excluding hydrogens is 244 g/mol. The molecule has 0 amide bonds. The smallest absolute Gasteiger partial charge is 0.365 e. The second kappa shape index (κ2) is 3.48. The van der Waals surface area contributed by atoms with Gasteiger partial charge in [-0.05, 0) is 9.91 Å². The monoisotopic (exact) mass is 246 g/mol. The molecule has 0 saturated heterocycles. The van der Waals surface area contributed by atoms with Crippen LogP contribution in [0.15, 0.2) is 16.7 Å². The molecule has 1 heterocycles. The van der Waals surface area contributed by atoms with Gasteiger partial charge in [-0.3, -0.25) is 0 Å². The van der Waals surface area contributed by atoms with Gasteiger partial charge in [0.25, 0.3) is 0 Å². The number of pyridine rings is 1. The highest BCUT2D eigenvalue weighted by atomic mass is 79.9. The van der Waals surface area contributed by atoms with E-state index in [1.165, 1.54) is 6.07 Å². The first-order valence-corrected chi connectivity index (χ1v) is 3.85. The molecule has 0 bridgehead atoms. The highest BCUT2D eigenvalue weighted by Gasteiger charge is 2.14. The molecule has 7 heteroatoms. The molecule has 0 aliphatic heterocycles. The number of nitro groups is 1. The molecule has 13 heavy (non-hydrogen) atoms. The molecule has 6 nitrogen and oxygen atoms in total. The Kier molecular flexibility index (Phi) is 2.57. The summed E-state index contributed by atoms with van der Waals surface area (Å²) in [6, 6.07) is 2.09. The molecule has 0 spiro atoms. The van der Waals surface area contributed by atoms with Crippen LogP contribution in [0.2, 0.25) is 0 Å². The lowest BCUT2D eigenvalue weighted by Gasteiger charge is -1.94. The summed E-state index contributed by atoms with van der Waals surface area (Å²) in [6.07, 6.45) is 0. The van der Waals surface area contributed by atoms with E-state index >= 15 is 0 Å². The maximum absolute atomic E-state index is 10.5. The van der Waals surface area contributed by atoms with E-state index in [2.05, 4.69) is 20.9 Å². The zero-order chi connectivity index (χ0) is 10.0. The minimum atomic E-state index is -1.23. The van der Waals surface area contributed by atoms with Crippen LogP contribution in [0.4, 0.5) is 5.82 Å². The van der Waals surface area contributed by atoms with Crippen molar-refractivity contribution in [1.82, 2.24) is 4.98 Å². The first kappa shape index (κ1) is 9.59. The van der Waals surface area contributed by atoms with E-state index in [9.17, 15) is 14.9 Å². The fourth-order valence-corrected chi connectivity index (χ4v) is 1.13. The van der Waals surface area contributed by atoms with Crippen molar-refractivity contribution in [2.45, 2.75) is 0 Å². The Hall–Kier alpha value is -1.50. The van der Waals surface area contributed by atoms with Crippen LogP contribution in [0, 0.1) is 10.1 Å². The summed E-state index contributed by atoms with van der Waals surface area (Å²) >= 11 is 2.87. The van der Waals surface area contributed by atoms with Crippen molar-refractivity contribution in [2.75, 3.05) is 0 Å². The van der Waals surface area contributed by atoms with Gasteiger partial charge in [-0.2, -0.15) is 0 Å². The van der Waals surface area contributed by atoms with Crippen LogP contribution >= 0.6 is 15.9 Å². The summed E-state index contributed by atoms with van der Waals surface area (Å²) in [5.41, 5.74) is -0.173. The molecule has 0 aromatic carbocycles. The summed E-state index contributed by atoms with van der Waals surface area (Å²) < 4.78 is 0.124. The highest BCUT2D eigenvalue weighted by Crippen LogP contribution is 2.16. The minimum absolute atomic E-state index is 0.124. The molecule has 0 atom stereocenters. The van der Waals surface area contributed by atoms with Crippen molar-refractivity contribution in [1.29, 1.82) is 0 Å². The third-order valence-electron chi connectivity index (χ3n) is 1.21. The summed E-state index contributed by atoms with van der Waals surface area (Å²) in [4.78, 5) is 23.4. The van der Waals surface area contributed by atoms with E-state index in [-0.39, 0.29) is 10.2 Å². The van der Waals surface area contributed by atoms with E-state index in [4.69, 9.17) is 5.11 Å². The molecule has 0 aliphatic rings. The molecule has 1 aromatic heterocycles. The Morgan fingerprint density at radius 3 is 2.69 bits per heavy atom. The number of aromatic nitrogens is 1. The first-order chi connectivity index (χ1) is 6.00. The van der Waals surface area contributed by atoms with Crippen LogP contribution in [-0.2, 0) is 0 Å². The molecule has 0 saturated carbocycles. The third-order valence-corrected chi connectivity index (χ3v) is 1.62. The molecule has 0 fully saturated rings. The average molecular weight is 247 g/mol. The third kappa shape index (κ3) is 2.22. The van der Waals surface area contributed by atoms with Gasteiger partial charge in [0.1, 0.15) is 0 Å². The number of hydrogen-bond donors (Lipinski definition) is 1. The van der Waals surface area contributed by atoms with Crippen molar-refractivity contribution in [3.05, 3.63) is 32.4 Å². The fraction of sp³-hybridized carbons (Fsp3) is 0. The van der Waals surface area contributed by atoms with Gasteiger partial charge in [0.2, 0.25) is 4.60 Å². The molecule has 0 unspecified atom stereocenters. The lowest BCUT2D eigenvalue weighted by Crippen LogP contribution is -2.00. The number of aromatic carboxylic acids is 1. The van der Waals surface area contributed by atoms with Gasteiger partial charge >= 0.3 is 11.8 Å². The second-order valence-corrected chi connectivity index (χ2v) is 2.91. The van der Waals surface area contributed by atoms with Crippen molar-refractivity contribution >= 4 is 27.7 Å². The van der Waals surface area contributed by atoms with Crippen LogP contribution in [-0.4, -0.2) is 21.0 Å². The summed E-state index contributed by atoms with van der Waals surface area (Å²) in [7, 11) is 0. The van der Waals surface area contributed by atoms with Crippen LogP contribution in [0.5, 0.6) is 0 Å². The van der Waals surface area contributed by atoms with Gasteiger partial charge in [-0.1, -0.05) is 0 Å². The Morgan fingerprint density at radius 1 is 1.62 bits per heavy atom. The number of hydrogen-bond acceptors (Lipinski definition) is 4. The van der Waals surface area contributed by atoms with Gasteiger partial charge in [0.05, 0.1) is 11.6 Å². The van der Waals surface area contributed by atoms with Gasteiger partial charge < -0.3 is 15.2 Å². The van der Waals surface area contributed by atoms with Crippen molar-refractivity contribution in [2.24, 2.45) is 0 Å². The van der Waals surface area contributed by atoms with Crippen LogP contribution in [0.1, 0.15) is 10.4 Å². The quantitative estimate of drug-likeness (QED) is 0.484. The predicted octanol–water partition coefficient (Wildman–Crippen LogP) is 1.45. The van der Waals surface area contributed by atoms with Crippen molar-refractivity contribution < 1.29 is 14.8 Å². The van der Waals surface area contributed by atoms with Crippen LogP contribution in [0.3, 0.4) is 0 Å². The largest absolute Gasteiger partial charge is 0.478 e. The van der Waals surface area contributed by atoms with Crippen molar-refractivity contribution in [3.8, 4) is 0 Å². The number of carboxylic acid groups (broad SMARTS) is 1. The van der Waals surface area contributed by atoms with E-state index in [1.807, 2.05) is 0 Å². The minimum Gasteiger partial charge on any atom is -0.478 e. The van der Waals surface area contributed by atoms with E-state index in [0.717, 1.165) is 6.07 Å². The maximum Gasteiger partial charge on any atom is 0.365 e. The maximum atomic E-state index is 10.5. The fourth-order valence-electron chi connectivity index (χ4n) is 0.700. The average Bonchev–Trinajstić information content (AvgIpc) is 2.03. The standard InChI is InChI=1S/C6H3BrN2O4/c7-4-1-3(6(10)11)2-5(8-4)9(12)13/h1-2H,(H,10,11). The lowest BCUT2D eigenvalue weighted by molar-refractivity contribution is -0.389. The van der Waals surface area contributed by atoms with Crippen LogP contribution < -0.4 is 0 Å². The Bertz CT molecular complexity index is 347. The van der Waals surface area contributed by atoms with Gasteiger partial charge in [-0.25, -0.2) is 4.79 Å². The summed E-state index contributed by atoms with van der Waals surface area (Å²) in [5.74, 6) is -1.72. The normalized spacial score (nSPS) is 9.62. The number of carbonyl (C=O) groups is 1. The number of carboxylic acids is 1. The predicted molar refractivity (Wildman–Crippen MR) is 45.6 cm³/mol. The van der Waals surface area contributed by atoms with Crippen molar-refractivity contribution in [3.63, 3.8) is 0 Å². The van der Waals surface area contributed by atoms with E-state index in [0.29, 0.717) is 0 Å². The zero-order valence-corrected chi connectivity index (χ0v) is 7.69. The second-order valence-electron chi connectivity index (χ2n) is 2.10. The van der Waals surface area contributed by atoms with Crippen LogP contribution in [0.25, 0.3) is 0 Å². The molecular formula is C6H3BrN2O4. The Morgan fingerprint density at radius 2 is 2.23 bits per heavy atom. The Balaban J connectivity index is 3.26. The molecule has 0 aliphatic carbocycles. The molecule has 1 rings (SSSR count). The lowest BCUT2D eigenvalue weighted by atomic mass is 10.3. The molecule has 1 aromatic rings. The highest BCUT2D eigenvalue weighted by molar-refractivity contribution is 9.10. The number of nitrogens with zero attached hydrogens (tertiary/aromatic N) is 2. The van der Waals surface area contributed by atoms with E-state index < -0.39 is 16.7 Å². The summed E-state index contributed by atoms with van der Waals surface area (Å²) in [5, 5.41) is 18.8.